The monoisotopic (exact) mass is 212 g/mol. The van der Waals surface area contributed by atoms with Gasteiger partial charge in [0.2, 0.25) is 5.91 Å². The van der Waals surface area contributed by atoms with Gasteiger partial charge in [0.05, 0.1) is 12.6 Å². The maximum absolute atomic E-state index is 11.6. The van der Waals surface area contributed by atoms with Crippen molar-refractivity contribution in [2.24, 2.45) is 11.0 Å². The normalized spacial score (nSPS) is 22.7. The molecular formula is C9H16N4O2. The second-order valence-corrected chi connectivity index (χ2v) is 3.77. The standard InChI is InChI=1S/C9H16N4O2/c1-2-8(6-14)13-5-7(3-9(13)15)4-11-12-10/h7-8,14H,2-6H2,1H3. The number of hydrogen-bond donors (Lipinski definition) is 1. The Morgan fingerprint density at radius 1 is 1.80 bits per heavy atom. The highest BCUT2D eigenvalue weighted by molar-refractivity contribution is 5.79. The molecule has 0 aromatic heterocycles. The predicted octanol–water partition coefficient (Wildman–Crippen LogP) is 0.916. The lowest BCUT2D eigenvalue weighted by Gasteiger charge is -2.25. The summed E-state index contributed by atoms with van der Waals surface area (Å²) < 4.78 is 0. The number of hydrogen-bond acceptors (Lipinski definition) is 3. The van der Waals surface area contributed by atoms with Gasteiger partial charge in [-0.1, -0.05) is 12.0 Å². The number of azide groups is 1. The molecule has 0 bridgehead atoms. The quantitative estimate of drug-likeness (QED) is 0.417. The van der Waals surface area contributed by atoms with Crippen molar-refractivity contribution in [3.63, 3.8) is 0 Å². The number of aliphatic hydroxyl groups is 1. The van der Waals surface area contributed by atoms with E-state index in [0.29, 0.717) is 19.5 Å². The minimum Gasteiger partial charge on any atom is -0.394 e. The van der Waals surface area contributed by atoms with Gasteiger partial charge in [0.25, 0.3) is 0 Å². The van der Waals surface area contributed by atoms with E-state index >= 15 is 0 Å². The third-order valence-electron chi connectivity index (χ3n) is 2.76. The molecule has 0 radical (unpaired) electrons. The van der Waals surface area contributed by atoms with E-state index < -0.39 is 0 Å². The molecule has 1 saturated heterocycles. The molecule has 6 nitrogen and oxygen atoms in total. The third kappa shape index (κ3) is 2.84. The van der Waals surface area contributed by atoms with Gasteiger partial charge in [-0.3, -0.25) is 4.79 Å². The Bertz CT molecular complexity index is 271. The smallest absolute Gasteiger partial charge is 0.223 e. The van der Waals surface area contributed by atoms with Gasteiger partial charge in [0.15, 0.2) is 0 Å². The summed E-state index contributed by atoms with van der Waals surface area (Å²) in [6.45, 7) is 2.89. The summed E-state index contributed by atoms with van der Waals surface area (Å²) in [5.41, 5.74) is 8.18. The van der Waals surface area contributed by atoms with E-state index in [1.165, 1.54) is 0 Å². The average molecular weight is 212 g/mol. The number of nitrogens with zero attached hydrogens (tertiary/aromatic N) is 4. The van der Waals surface area contributed by atoms with E-state index in [9.17, 15) is 4.79 Å². The highest BCUT2D eigenvalue weighted by Gasteiger charge is 2.32. The largest absolute Gasteiger partial charge is 0.394 e. The SMILES string of the molecule is CCC(CO)N1CC(CN=[N+]=[N-])CC1=O. The fourth-order valence-electron chi connectivity index (χ4n) is 1.88. The van der Waals surface area contributed by atoms with E-state index in [4.69, 9.17) is 10.6 Å². The lowest BCUT2D eigenvalue weighted by molar-refractivity contribution is -0.130. The third-order valence-corrected chi connectivity index (χ3v) is 2.76. The maximum atomic E-state index is 11.6. The van der Waals surface area contributed by atoms with E-state index in [1.54, 1.807) is 4.90 Å². The van der Waals surface area contributed by atoms with Gasteiger partial charge >= 0.3 is 0 Å². The Kier molecular flexibility index (Phi) is 4.39. The molecule has 6 heteroatoms. The van der Waals surface area contributed by atoms with Crippen LogP contribution in [0.15, 0.2) is 5.11 Å². The van der Waals surface area contributed by atoms with Gasteiger partial charge in [0, 0.05) is 24.4 Å². The molecule has 0 aliphatic carbocycles. The van der Waals surface area contributed by atoms with Crippen LogP contribution in [-0.2, 0) is 4.79 Å². The van der Waals surface area contributed by atoms with Gasteiger partial charge < -0.3 is 10.0 Å². The van der Waals surface area contributed by atoms with Gasteiger partial charge in [-0.25, -0.2) is 0 Å². The fourth-order valence-corrected chi connectivity index (χ4v) is 1.88. The van der Waals surface area contributed by atoms with Crippen LogP contribution in [-0.4, -0.2) is 41.7 Å². The van der Waals surface area contributed by atoms with Crippen LogP contribution >= 0.6 is 0 Å². The lowest BCUT2D eigenvalue weighted by Crippen LogP contribution is -2.38. The molecule has 0 spiro atoms. The summed E-state index contributed by atoms with van der Waals surface area (Å²) in [7, 11) is 0. The zero-order valence-corrected chi connectivity index (χ0v) is 8.83. The van der Waals surface area contributed by atoms with E-state index in [1.807, 2.05) is 6.92 Å². The first-order valence-corrected chi connectivity index (χ1v) is 5.14. The molecule has 2 atom stereocenters. The first-order chi connectivity index (χ1) is 7.22. The molecule has 15 heavy (non-hydrogen) atoms. The van der Waals surface area contributed by atoms with Gasteiger partial charge in [-0.15, -0.1) is 0 Å². The molecule has 1 aliphatic heterocycles. The fraction of sp³-hybridized carbons (Fsp3) is 0.889. The molecule has 0 saturated carbocycles. The molecular weight excluding hydrogens is 196 g/mol. The Morgan fingerprint density at radius 2 is 2.53 bits per heavy atom. The van der Waals surface area contributed by atoms with Crippen LogP contribution in [0.3, 0.4) is 0 Å². The Morgan fingerprint density at radius 3 is 3.07 bits per heavy atom. The molecule has 0 aromatic rings. The topological polar surface area (TPSA) is 89.3 Å². The summed E-state index contributed by atoms with van der Waals surface area (Å²) in [6, 6.07) is -0.0893. The molecule has 1 fully saturated rings. The summed E-state index contributed by atoms with van der Waals surface area (Å²) >= 11 is 0. The highest BCUT2D eigenvalue weighted by atomic mass is 16.3. The van der Waals surface area contributed by atoms with Crippen LogP contribution in [0.2, 0.25) is 0 Å². The van der Waals surface area contributed by atoms with Crippen molar-refractivity contribution in [3.05, 3.63) is 10.4 Å². The van der Waals surface area contributed by atoms with Crippen molar-refractivity contribution >= 4 is 5.91 Å². The van der Waals surface area contributed by atoms with Crippen molar-refractivity contribution in [1.29, 1.82) is 0 Å². The van der Waals surface area contributed by atoms with Crippen LogP contribution in [0, 0.1) is 5.92 Å². The van der Waals surface area contributed by atoms with Crippen LogP contribution in [0.1, 0.15) is 19.8 Å². The number of carbonyl (C=O) groups is 1. The molecule has 1 N–H and O–H groups in total. The van der Waals surface area contributed by atoms with Crippen LogP contribution in [0.4, 0.5) is 0 Å². The Labute approximate surface area is 88.5 Å². The number of rotatable bonds is 5. The number of aliphatic hydroxyl groups excluding tert-OH is 1. The molecule has 0 aromatic carbocycles. The van der Waals surface area contributed by atoms with Crippen molar-refractivity contribution in [2.75, 3.05) is 19.7 Å². The van der Waals surface area contributed by atoms with Crippen molar-refractivity contribution in [3.8, 4) is 0 Å². The minimum atomic E-state index is -0.0893. The summed E-state index contributed by atoms with van der Waals surface area (Å²) in [5, 5.41) is 12.6. The summed E-state index contributed by atoms with van der Waals surface area (Å²) in [6.07, 6.45) is 1.17. The Hall–Kier alpha value is -1.26. The molecule has 1 rings (SSSR count). The van der Waals surface area contributed by atoms with Gasteiger partial charge in [0.1, 0.15) is 0 Å². The van der Waals surface area contributed by atoms with Crippen LogP contribution < -0.4 is 0 Å². The average Bonchev–Trinajstić information content (AvgIpc) is 2.59. The van der Waals surface area contributed by atoms with Crippen molar-refractivity contribution < 1.29 is 9.90 Å². The lowest BCUT2D eigenvalue weighted by atomic mass is 10.1. The molecule has 2 unspecified atom stereocenters. The van der Waals surface area contributed by atoms with Gasteiger partial charge in [-0.2, -0.15) is 0 Å². The van der Waals surface area contributed by atoms with Gasteiger partial charge in [-0.05, 0) is 17.9 Å². The summed E-state index contributed by atoms with van der Waals surface area (Å²) in [4.78, 5) is 16.0. The number of amides is 1. The van der Waals surface area contributed by atoms with Crippen molar-refractivity contribution in [1.82, 2.24) is 4.90 Å². The first kappa shape index (κ1) is 11.8. The number of carbonyl (C=O) groups excluding carboxylic acids is 1. The first-order valence-electron chi connectivity index (χ1n) is 5.14. The Balaban J connectivity index is 2.55. The predicted molar refractivity (Wildman–Crippen MR) is 55.0 cm³/mol. The molecule has 1 aliphatic rings. The van der Waals surface area contributed by atoms with Crippen LogP contribution in [0.25, 0.3) is 10.4 Å². The van der Waals surface area contributed by atoms with E-state index in [-0.39, 0.29) is 24.5 Å². The number of likely N-dealkylation sites (tertiary alicyclic amines) is 1. The zero-order chi connectivity index (χ0) is 11.3. The second kappa shape index (κ2) is 5.58. The maximum Gasteiger partial charge on any atom is 0.223 e. The van der Waals surface area contributed by atoms with Crippen molar-refractivity contribution in [2.45, 2.75) is 25.8 Å². The zero-order valence-electron chi connectivity index (χ0n) is 8.83. The minimum absolute atomic E-state index is 0.00349. The van der Waals surface area contributed by atoms with E-state index in [2.05, 4.69) is 10.0 Å². The second-order valence-electron chi connectivity index (χ2n) is 3.77. The molecule has 84 valence electrons. The van der Waals surface area contributed by atoms with Crippen LogP contribution in [0.5, 0.6) is 0 Å². The van der Waals surface area contributed by atoms with E-state index in [0.717, 1.165) is 6.42 Å². The molecule has 1 heterocycles. The summed E-state index contributed by atoms with van der Waals surface area (Å²) in [5.74, 6) is 0.156. The molecule has 1 amide bonds. The highest BCUT2D eigenvalue weighted by Crippen LogP contribution is 2.21.